The van der Waals surface area contributed by atoms with E-state index in [1.165, 1.54) is 22.3 Å². The molecule has 0 bridgehead atoms. The second kappa shape index (κ2) is 4.80. The smallest absolute Gasteiger partial charge is 0.0616 e. The topological polar surface area (TPSA) is 0 Å². The summed E-state index contributed by atoms with van der Waals surface area (Å²) in [5.74, 6) is 0. The summed E-state index contributed by atoms with van der Waals surface area (Å²) in [6.07, 6.45) is 0. The van der Waals surface area contributed by atoms with Gasteiger partial charge < -0.3 is 0 Å². The van der Waals surface area contributed by atoms with Gasteiger partial charge in [0.1, 0.15) is 0 Å². The molecule has 0 aliphatic heterocycles. The Bertz CT molecular complexity index is 524. The molecule has 0 radical (unpaired) electrons. The van der Waals surface area contributed by atoms with E-state index in [0.717, 1.165) is 0 Å². The maximum atomic E-state index is 9.93. The van der Waals surface area contributed by atoms with Crippen LogP contribution in [-0.4, -0.2) is 19.5 Å². The molecule has 1 aliphatic rings. The van der Waals surface area contributed by atoms with Crippen molar-refractivity contribution in [3.05, 3.63) is 48.5 Å². The van der Waals surface area contributed by atoms with E-state index in [1.807, 2.05) is 0 Å². The van der Waals surface area contributed by atoms with Crippen LogP contribution < -0.4 is 24.0 Å². The van der Waals surface area contributed by atoms with Crippen molar-refractivity contribution in [3.63, 3.8) is 0 Å². The molecule has 0 unspecified atom stereocenters. The standard InChI is InChI=1S/C12H8.6FH.H2I.Sb/c1-2-6-10-9(5-1)11-7-3-4-8-12(10)11;;;;;;;;/h1-8H;6*1H;1H2;/q;;;;;;;+1;+5/p-6. The molecule has 0 spiro atoms. The summed E-state index contributed by atoms with van der Waals surface area (Å²) < 4.78 is 59.6. The van der Waals surface area contributed by atoms with Crippen LogP contribution in [0.4, 0.5) is 16.9 Å². The van der Waals surface area contributed by atoms with E-state index < -0.39 is 19.5 Å². The molecule has 0 atom stereocenters. The van der Waals surface area contributed by atoms with Crippen LogP contribution in [0.3, 0.4) is 0 Å². The van der Waals surface area contributed by atoms with Crippen molar-refractivity contribution in [2.75, 3.05) is 0 Å². The van der Waals surface area contributed by atoms with Gasteiger partial charge in [0.2, 0.25) is 24.0 Å². The van der Waals surface area contributed by atoms with Crippen LogP contribution in [0.1, 0.15) is 0 Å². The number of halogens is 7. The number of fused-ring (bicyclic) bond motifs is 4. The Morgan fingerprint density at radius 2 is 0.650 bits per heavy atom. The molecule has 0 nitrogen and oxygen atoms in total. The van der Waals surface area contributed by atoms with E-state index in [4.69, 9.17) is 0 Å². The third-order valence-corrected chi connectivity index (χ3v) is 2.43. The monoisotopic (exact) mass is 516 g/mol. The van der Waals surface area contributed by atoms with Crippen molar-refractivity contribution in [2.24, 2.45) is 0 Å². The molecule has 3 rings (SSSR count). The van der Waals surface area contributed by atoms with Crippen LogP contribution in [0.2, 0.25) is 0 Å². The molecule has 0 heterocycles. The Morgan fingerprint density at radius 3 is 0.800 bits per heavy atom. The first-order chi connectivity index (χ1) is 8.42. The maximum absolute atomic E-state index is 11.2. The molecule has 0 N–H and O–H groups in total. The van der Waals surface area contributed by atoms with E-state index in [2.05, 4.69) is 48.5 Å². The van der Waals surface area contributed by atoms with Gasteiger partial charge in [0.25, 0.3) is 0 Å². The fourth-order valence-corrected chi connectivity index (χ4v) is 1.84. The van der Waals surface area contributed by atoms with E-state index in [9.17, 15) is 16.9 Å². The van der Waals surface area contributed by atoms with Crippen LogP contribution in [-0.2, 0) is 0 Å². The molecule has 1 aliphatic carbocycles. The van der Waals surface area contributed by atoms with Gasteiger partial charge in [-0.15, -0.1) is 0 Å². The fourth-order valence-electron chi connectivity index (χ4n) is 1.84. The molecule has 0 fully saturated rings. The summed E-state index contributed by atoms with van der Waals surface area (Å²) in [6.45, 7) is 0. The predicted octanol–water partition coefficient (Wildman–Crippen LogP) is 1.94. The van der Waals surface area contributed by atoms with Crippen molar-refractivity contribution < 1.29 is 40.9 Å². The summed E-state index contributed by atoms with van der Waals surface area (Å²) in [7, 11) is 0. The van der Waals surface area contributed by atoms with Crippen molar-refractivity contribution in [2.45, 2.75) is 0 Å². The van der Waals surface area contributed by atoms with Gasteiger partial charge in [0.15, 0.2) is 0 Å². The largest absolute Gasteiger partial charge is 0.235 e. The first-order valence-electron chi connectivity index (χ1n) is 5.17. The Kier molecular flexibility index (Phi) is 4.23. The molecule has 0 amide bonds. The normalized spacial score (nSPS) is 14.9. The predicted molar refractivity (Wildman–Crippen MR) is 66.1 cm³/mol. The van der Waals surface area contributed by atoms with E-state index in [1.54, 1.807) is 0 Å². The number of benzene rings is 2. The molecule has 2 aromatic rings. The molecular weight excluding hydrogens is 507 g/mol. The summed E-state index contributed by atoms with van der Waals surface area (Å²) >= 11 is -11.2. The average molecular weight is 517 g/mol. The average Bonchev–Trinajstić information content (AvgIpc) is 2.21. The second-order valence-electron chi connectivity index (χ2n) is 4.05. The van der Waals surface area contributed by atoms with Gasteiger partial charge in [-0.05, 0) is 22.3 Å². The van der Waals surface area contributed by atoms with Gasteiger partial charge >= 0.3 is 36.4 Å². The summed E-state index contributed by atoms with van der Waals surface area (Å²) in [5, 5.41) is 0. The van der Waals surface area contributed by atoms with Gasteiger partial charge in [-0.3, -0.25) is 0 Å². The third kappa shape index (κ3) is 5.52. The second-order valence-corrected chi connectivity index (χ2v) is 9.52. The van der Waals surface area contributed by atoms with Gasteiger partial charge in [-0.25, -0.2) is 0 Å². The quantitative estimate of drug-likeness (QED) is 0.243. The van der Waals surface area contributed by atoms with E-state index >= 15 is 0 Å². The first-order valence-corrected chi connectivity index (χ1v) is 11.0. The van der Waals surface area contributed by atoms with Crippen LogP contribution in [0.15, 0.2) is 48.5 Å². The van der Waals surface area contributed by atoms with Crippen molar-refractivity contribution in [1.29, 1.82) is 0 Å². The summed E-state index contributed by atoms with van der Waals surface area (Å²) in [6, 6.07) is 17.1. The number of hydrogen-bond acceptors (Lipinski definition) is 0. The van der Waals surface area contributed by atoms with Crippen LogP contribution >= 0.6 is 0 Å². The summed E-state index contributed by atoms with van der Waals surface area (Å²) in [4.78, 5) is 0. The van der Waals surface area contributed by atoms with Crippen LogP contribution in [0.25, 0.3) is 22.3 Å². The van der Waals surface area contributed by atoms with Crippen molar-refractivity contribution in [3.8, 4) is 22.3 Å². The molecule has 0 aromatic heterocycles. The number of rotatable bonds is 0. The Balaban J connectivity index is 0.000000221. The minimum Gasteiger partial charge on any atom is -0.0616 e. The molecule has 2 aromatic carbocycles. The maximum Gasteiger partial charge on any atom is 0.235 e. The van der Waals surface area contributed by atoms with Gasteiger partial charge in [-0.2, -0.15) is 0 Å². The van der Waals surface area contributed by atoms with E-state index in [0.29, 0.717) is 0 Å². The Labute approximate surface area is 130 Å². The molecule has 112 valence electrons. The molecule has 0 saturated carbocycles. The molecular formula is C12H10F6ISb. The number of hydrogen-bond donors (Lipinski definition) is 0. The molecule has 20 heavy (non-hydrogen) atoms. The fraction of sp³-hybridized carbons (Fsp3) is 0. The van der Waals surface area contributed by atoms with E-state index in [-0.39, 0.29) is 24.0 Å². The Morgan fingerprint density at radius 1 is 0.500 bits per heavy atom. The zero-order chi connectivity index (χ0) is 14.4. The van der Waals surface area contributed by atoms with Gasteiger partial charge in [0.05, 0.1) is 0 Å². The zero-order valence-electron chi connectivity index (χ0n) is 9.78. The van der Waals surface area contributed by atoms with Crippen molar-refractivity contribution >= 4 is 19.5 Å². The summed E-state index contributed by atoms with van der Waals surface area (Å²) in [5.41, 5.74) is 5.59. The third-order valence-electron chi connectivity index (χ3n) is 2.43. The minimum atomic E-state index is -11.2. The first kappa shape index (κ1) is 17.6. The van der Waals surface area contributed by atoms with Gasteiger partial charge in [0, 0.05) is 0 Å². The van der Waals surface area contributed by atoms with Crippen molar-refractivity contribution in [1.82, 2.24) is 0 Å². The zero-order valence-corrected chi connectivity index (χ0v) is 14.9. The van der Waals surface area contributed by atoms with Crippen LogP contribution in [0, 0.1) is 0 Å². The van der Waals surface area contributed by atoms with Crippen LogP contribution in [0.5, 0.6) is 0 Å². The molecule has 8 heteroatoms. The molecule has 0 saturated heterocycles. The SMILES string of the molecule is [F][Sb-]([F])([F])([F])([F])[F].[IH2+].c1ccc2c(c1)-c1ccccc1-2. The Hall–Kier alpha value is -0.432. The van der Waals surface area contributed by atoms with Gasteiger partial charge in [-0.1, -0.05) is 48.5 Å². The minimum absolute atomic E-state index is 0.